The Morgan fingerprint density at radius 2 is 1.96 bits per heavy atom. The number of nitrogens with one attached hydrogen (secondary N) is 1. The van der Waals surface area contributed by atoms with Crippen LogP contribution in [-0.2, 0) is 22.6 Å². The van der Waals surface area contributed by atoms with Crippen molar-refractivity contribution in [2.75, 3.05) is 7.11 Å². The molecule has 1 heterocycles. The van der Waals surface area contributed by atoms with Crippen molar-refractivity contribution < 1.29 is 14.7 Å². The van der Waals surface area contributed by atoms with Gasteiger partial charge in [-0.15, -0.1) is 0 Å². The van der Waals surface area contributed by atoms with Crippen LogP contribution >= 0.6 is 0 Å². The first kappa shape index (κ1) is 18.2. The molecule has 0 saturated heterocycles. The average molecular weight is 352 g/mol. The van der Waals surface area contributed by atoms with E-state index < -0.39 is 12.0 Å². The number of aromatic nitrogens is 1. The molecule has 2 N–H and O–H groups in total. The highest BCUT2D eigenvalue weighted by Crippen LogP contribution is 2.28. The summed E-state index contributed by atoms with van der Waals surface area (Å²) in [6.45, 7) is 4.89. The fourth-order valence-electron chi connectivity index (χ4n) is 3.48. The molecular weight excluding hydrogens is 328 g/mol. The average Bonchev–Trinajstić information content (AvgIpc) is 2.87. The molecular formula is C21H24N2O3. The molecule has 3 aromatic rings. The van der Waals surface area contributed by atoms with Crippen molar-refractivity contribution in [1.82, 2.24) is 10.0 Å². The lowest BCUT2D eigenvalue weighted by atomic mass is 10.0. The molecule has 5 nitrogen and oxygen atoms in total. The number of benzene rings is 2. The normalized spacial score (nSPS) is 12.4. The van der Waals surface area contributed by atoms with Gasteiger partial charge in [-0.05, 0) is 31.0 Å². The quantitative estimate of drug-likeness (QED) is 0.639. The molecule has 2 aromatic carbocycles. The molecule has 0 unspecified atom stereocenters. The van der Waals surface area contributed by atoms with Gasteiger partial charge in [-0.25, -0.2) is 0 Å². The molecule has 0 radical (unpaired) electrons. The first-order valence-electron chi connectivity index (χ1n) is 8.64. The van der Waals surface area contributed by atoms with Crippen molar-refractivity contribution >= 4 is 16.9 Å². The molecule has 0 aliphatic heterocycles. The predicted molar refractivity (Wildman–Crippen MR) is 102 cm³/mol. The van der Waals surface area contributed by atoms with Gasteiger partial charge in [0.05, 0.1) is 7.11 Å². The maximum atomic E-state index is 11.5. The SMILES string of the molecule is CON[C@@H](Cc1c(C)n(Cc2cccc(C)c2)c2ccccc12)C(=O)O. The number of aryl methyl sites for hydroxylation is 1. The van der Waals surface area contributed by atoms with Gasteiger partial charge in [0.2, 0.25) is 0 Å². The van der Waals surface area contributed by atoms with Crippen LogP contribution in [-0.4, -0.2) is 28.8 Å². The number of carboxylic acid groups (broad SMARTS) is 1. The van der Waals surface area contributed by atoms with E-state index in [9.17, 15) is 9.90 Å². The fraction of sp³-hybridized carbons (Fsp3) is 0.286. The summed E-state index contributed by atoms with van der Waals surface area (Å²) in [7, 11) is 1.43. The maximum absolute atomic E-state index is 11.5. The van der Waals surface area contributed by atoms with E-state index in [0.717, 1.165) is 28.7 Å². The van der Waals surface area contributed by atoms with E-state index in [4.69, 9.17) is 4.84 Å². The van der Waals surface area contributed by atoms with Crippen LogP contribution in [0.2, 0.25) is 0 Å². The zero-order valence-electron chi connectivity index (χ0n) is 15.3. The van der Waals surface area contributed by atoms with Gasteiger partial charge in [0, 0.05) is 29.6 Å². The highest BCUT2D eigenvalue weighted by molar-refractivity contribution is 5.86. The molecule has 0 spiro atoms. The number of hydrogen-bond donors (Lipinski definition) is 2. The molecule has 0 fully saturated rings. The summed E-state index contributed by atoms with van der Waals surface area (Å²) < 4.78 is 2.26. The monoisotopic (exact) mass is 352 g/mol. The number of rotatable bonds is 7. The molecule has 1 atom stereocenters. The lowest BCUT2D eigenvalue weighted by Crippen LogP contribution is -2.37. The van der Waals surface area contributed by atoms with Crippen LogP contribution in [0.3, 0.4) is 0 Å². The molecule has 0 saturated carbocycles. The third-order valence-electron chi connectivity index (χ3n) is 4.75. The second-order valence-corrected chi connectivity index (χ2v) is 6.57. The Morgan fingerprint density at radius 1 is 1.19 bits per heavy atom. The van der Waals surface area contributed by atoms with Crippen molar-refractivity contribution in [2.24, 2.45) is 0 Å². The van der Waals surface area contributed by atoms with Crippen LogP contribution in [0.25, 0.3) is 10.9 Å². The Kier molecular flexibility index (Phi) is 5.40. The van der Waals surface area contributed by atoms with Gasteiger partial charge in [-0.3, -0.25) is 4.79 Å². The molecule has 3 rings (SSSR count). The maximum Gasteiger partial charge on any atom is 0.323 e. The molecule has 0 bridgehead atoms. The standard InChI is InChI=1S/C21H24N2O3/c1-14-7-6-8-16(11-14)13-23-15(2)18(12-19(21(24)25)22-26-3)17-9-4-5-10-20(17)23/h4-11,19,22H,12-13H2,1-3H3,(H,24,25)/t19-/m0/s1. The number of para-hydroxylation sites is 1. The Bertz CT molecular complexity index is 930. The molecule has 0 amide bonds. The summed E-state index contributed by atoms with van der Waals surface area (Å²) in [4.78, 5) is 16.4. The minimum absolute atomic E-state index is 0.357. The van der Waals surface area contributed by atoms with Crippen molar-refractivity contribution in [2.45, 2.75) is 32.9 Å². The third-order valence-corrected chi connectivity index (χ3v) is 4.75. The number of carboxylic acids is 1. The van der Waals surface area contributed by atoms with E-state index in [1.165, 1.54) is 18.2 Å². The van der Waals surface area contributed by atoms with Gasteiger partial charge in [0.1, 0.15) is 6.04 Å². The van der Waals surface area contributed by atoms with Crippen LogP contribution in [0.5, 0.6) is 0 Å². The predicted octanol–water partition coefficient (Wildman–Crippen LogP) is 3.45. The Balaban J connectivity index is 2.05. The van der Waals surface area contributed by atoms with Crippen molar-refractivity contribution in [3.63, 3.8) is 0 Å². The fourth-order valence-corrected chi connectivity index (χ4v) is 3.48. The van der Waals surface area contributed by atoms with E-state index in [2.05, 4.69) is 60.3 Å². The number of nitrogens with zero attached hydrogens (tertiary/aromatic N) is 1. The number of fused-ring (bicyclic) bond motifs is 1. The largest absolute Gasteiger partial charge is 0.480 e. The highest BCUT2D eigenvalue weighted by Gasteiger charge is 2.22. The molecule has 136 valence electrons. The topological polar surface area (TPSA) is 63.5 Å². The van der Waals surface area contributed by atoms with E-state index in [1.807, 2.05) is 12.1 Å². The van der Waals surface area contributed by atoms with Gasteiger partial charge in [-0.2, -0.15) is 5.48 Å². The van der Waals surface area contributed by atoms with Gasteiger partial charge >= 0.3 is 5.97 Å². The van der Waals surface area contributed by atoms with E-state index in [0.29, 0.717) is 6.42 Å². The van der Waals surface area contributed by atoms with Gasteiger partial charge in [-0.1, -0.05) is 48.0 Å². The van der Waals surface area contributed by atoms with Crippen molar-refractivity contribution in [3.05, 3.63) is 70.9 Å². The van der Waals surface area contributed by atoms with E-state index in [1.54, 1.807) is 0 Å². The lowest BCUT2D eigenvalue weighted by Gasteiger charge is -2.13. The first-order valence-corrected chi connectivity index (χ1v) is 8.64. The first-order chi connectivity index (χ1) is 12.5. The van der Waals surface area contributed by atoms with E-state index in [-0.39, 0.29) is 0 Å². The summed E-state index contributed by atoms with van der Waals surface area (Å²) in [5.74, 6) is -0.929. The number of hydrogen-bond acceptors (Lipinski definition) is 3. The zero-order valence-corrected chi connectivity index (χ0v) is 15.3. The van der Waals surface area contributed by atoms with E-state index >= 15 is 0 Å². The highest BCUT2D eigenvalue weighted by atomic mass is 16.6. The van der Waals surface area contributed by atoms with Crippen molar-refractivity contribution in [3.8, 4) is 0 Å². The molecule has 1 aromatic heterocycles. The minimum Gasteiger partial charge on any atom is -0.480 e. The summed E-state index contributed by atoms with van der Waals surface area (Å²) >= 11 is 0. The number of carbonyl (C=O) groups is 1. The Morgan fingerprint density at radius 3 is 2.65 bits per heavy atom. The zero-order chi connectivity index (χ0) is 18.7. The second kappa shape index (κ2) is 7.72. The molecule has 0 aliphatic rings. The second-order valence-electron chi connectivity index (χ2n) is 6.57. The van der Waals surface area contributed by atoms with Gasteiger partial charge in [0.15, 0.2) is 0 Å². The molecule has 26 heavy (non-hydrogen) atoms. The number of aliphatic carboxylic acids is 1. The van der Waals surface area contributed by atoms with Crippen LogP contribution < -0.4 is 5.48 Å². The minimum atomic E-state index is -0.929. The Labute approximate surface area is 153 Å². The van der Waals surface area contributed by atoms with Gasteiger partial charge < -0.3 is 14.5 Å². The molecule has 5 heteroatoms. The van der Waals surface area contributed by atoms with Crippen LogP contribution in [0.15, 0.2) is 48.5 Å². The molecule has 0 aliphatic carbocycles. The summed E-state index contributed by atoms with van der Waals surface area (Å²) in [6.07, 6.45) is 0.357. The van der Waals surface area contributed by atoms with Crippen LogP contribution in [0, 0.1) is 13.8 Å². The lowest BCUT2D eigenvalue weighted by molar-refractivity contribution is -0.143. The Hall–Kier alpha value is -2.63. The van der Waals surface area contributed by atoms with Gasteiger partial charge in [0.25, 0.3) is 0 Å². The van der Waals surface area contributed by atoms with Crippen molar-refractivity contribution in [1.29, 1.82) is 0 Å². The van der Waals surface area contributed by atoms with Crippen LogP contribution in [0.1, 0.15) is 22.4 Å². The smallest absolute Gasteiger partial charge is 0.323 e. The third kappa shape index (κ3) is 3.64. The summed E-state index contributed by atoms with van der Waals surface area (Å²) in [5, 5.41) is 10.5. The summed E-state index contributed by atoms with van der Waals surface area (Å²) in [6, 6.07) is 15.8. The summed E-state index contributed by atoms with van der Waals surface area (Å²) in [5.41, 5.74) is 8.26. The van der Waals surface area contributed by atoms with Crippen LogP contribution in [0.4, 0.5) is 0 Å². The number of hydroxylamine groups is 1.